The Morgan fingerprint density at radius 3 is 2.42 bits per heavy atom. The minimum absolute atomic E-state index is 0.0422. The minimum atomic E-state index is -0.0422. The van der Waals surface area contributed by atoms with Crippen molar-refractivity contribution in [2.24, 2.45) is 0 Å². The fraction of sp³-hybridized carbons (Fsp3) is 0.222. The van der Waals surface area contributed by atoms with E-state index in [9.17, 15) is 4.79 Å². The molecule has 3 heteroatoms. The van der Waals surface area contributed by atoms with Crippen LogP contribution in [0.25, 0.3) is 0 Å². The summed E-state index contributed by atoms with van der Waals surface area (Å²) in [5.41, 5.74) is 0.215. The number of aromatic hydroxyl groups is 1. The maximum Gasteiger partial charge on any atom is 0.153 e. The first-order valence-corrected chi connectivity index (χ1v) is 4.05. The second-order valence-corrected chi connectivity index (χ2v) is 2.26. The van der Waals surface area contributed by atoms with Gasteiger partial charge in [0.25, 0.3) is 0 Å². The number of rotatable bonds is 1. The van der Waals surface area contributed by atoms with Crippen LogP contribution in [0, 0.1) is 0 Å². The van der Waals surface area contributed by atoms with E-state index in [2.05, 4.69) is 0 Å². The summed E-state index contributed by atoms with van der Waals surface area (Å²) >= 11 is 5.53. The highest BCUT2D eigenvalue weighted by Crippen LogP contribution is 2.18. The van der Waals surface area contributed by atoms with Crippen LogP contribution in [0.1, 0.15) is 24.2 Å². The number of hydrogen-bond donors (Lipinski definition) is 1. The van der Waals surface area contributed by atoms with Gasteiger partial charge in [0.2, 0.25) is 0 Å². The third kappa shape index (κ3) is 2.93. The summed E-state index contributed by atoms with van der Waals surface area (Å²) in [5.74, 6) is -0.0422. The van der Waals surface area contributed by atoms with Gasteiger partial charge in [-0.1, -0.05) is 25.4 Å². The van der Waals surface area contributed by atoms with Gasteiger partial charge in [0.15, 0.2) is 6.29 Å². The first kappa shape index (κ1) is 11.0. The molecule has 0 spiro atoms. The molecule has 0 atom stereocenters. The molecule has 0 amide bonds. The van der Waals surface area contributed by atoms with Gasteiger partial charge < -0.3 is 5.11 Å². The highest BCUT2D eigenvalue weighted by atomic mass is 35.5. The molecule has 12 heavy (non-hydrogen) atoms. The van der Waals surface area contributed by atoms with E-state index < -0.39 is 0 Å². The Bertz CT molecular complexity index is 259. The molecule has 0 aliphatic rings. The molecule has 0 unspecified atom stereocenters. The predicted molar refractivity (Wildman–Crippen MR) is 49.9 cm³/mol. The van der Waals surface area contributed by atoms with Crippen LogP contribution in [0.15, 0.2) is 18.2 Å². The molecule has 1 rings (SSSR count). The van der Waals surface area contributed by atoms with Gasteiger partial charge in [0.05, 0.1) is 5.56 Å². The van der Waals surface area contributed by atoms with Crippen LogP contribution in [-0.2, 0) is 0 Å². The third-order valence-electron chi connectivity index (χ3n) is 1.12. The summed E-state index contributed by atoms with van der Waals surface area (Å²) < 4.78 is 0. The first-order chi connectivity index (χ1) is 5.74. The monoisotopic (exact) mass is 186 g/mol. The summed E-state index contributed by atoms with van der Waals surface area (Å²) in [6.45, 7) is 4.00. The van der Waals surface area contributed by atoms with Gasteiger partial charge in [-0.15, -0.1) is 0 Å². The highest BCUT2D eigenvalue weighted by Gasteiger charge is 1.98. The fourth-order valence-electron chi connectivity index (χ4n) is 0.620. The zero-order valence-corrected chi connectivity index (χ0v) is 7.80. The van der Waals surface area contributed by atoms with Crippen LogP contribution in [0.4, 0.5) is 0 Å². The maximum absolute atomic E-state index is 10.2. The van der Waals surface area contributed by atoms with E-state index in [0.29, 0.717) is 11.3 Å². The smallest absolute Gasteiger partial charge is 0.153 e. The molecule has 0 aliphatic carbocycles. The lowest BCUT2D eigenvalue weighted by molar-refractivity contribution is 0.112. The largest absolute Gasteiger partial charge is 0.507 e. The van der Waals surface area contributed by atoms with Crippen molar-refractivity contribution >= 4 is 17.9 Å². The van der Waals surface area contributed by atoms with E-state index in [1.807, 2.05) is 13.8 Å². The maximum atomic E-state index is 10.2. The Labute approximate surface area is 76.8 Å². The van der Waals surface area contributed by atoms with Gasteiger partial charge in [-0.25, -0.2) is 0 Å². The van der Waals surface area contributed by atoms with E-state index in [1.165, 1.54) is 18.2 Å². The second-order valence-electron chi connectivity index (χ2n) is 1.82. The highest BCUT2D eigenvalue weighted by molar-refractivity contribution is 6.30. The van der Waals surface area contributed by atoms with E-state index >= 15 is 0 Å². The molecule has 0 fully saturated rings. The van der Waals surface area contributed by atoms with Gasteiger partial charge in [0.1, 0.15) is 5.75 Å². The number of phenolic OH excluding ortho intramolecular Hbond substituents is 1. The number of halogens is 1. The molecular weight excluding hydrogens is 176 g/mol. The normalized spacial score (nSPS) is 8.25. The van der Waals surface area contributed by atoms with Crippen molar-refractivity contribution in [3.05, 3.63) is 28.8 Å². The lowest BCUT2D eigenvalue weighted by Crippen LogP contribution is -1.79. The number of hydrogen-bond acceptors (Lipinski definition) is 2. The summed E-state index contributed by atoms with van der Waals surface area (Å²) in [7, 11) is 0. The summed E-state index contributed by atoms with van der Waals surface area (Å²) in [6, 6.07) is 4.31. The molecular formula is C9H11ClO2. The average molecular weight is 187 g/mol. The predicted octanol–water partition coefficient (Wildman–Crippen LogP) is 2.88. The Morgan fingerprint density at radius 2 is 2.00 bits per heavy atom. The molecule has 1 aromatic carbocycles. The van der Waals surface area contributed by atoms with Crippen molar-refractivity contribution in [2.45, 2.75) is 13.8 Å². The number of aldehydes is 1. The van der Waals surface area contributed by atoms with Gasteiger partial charge in [0, 0.05) is 5.02 Å². The van der Waals surface area contributed by atoms with Gasteiger partial charge in [-0.3, -0.25) is 4.79 Å². The van der Waals surface area contributed by atoms with Crippen molar-refractivity contribution in [3.63, 3.8) is 0 Å². The Morgan fingerprint density at radius 1 is 1.42 bits per heavy atom. The SMILES string of the molecule is CC.O=Cc1cc(Cl)ccc1O. The van der Waals surface area contributed by atoms with Crippen molar-refractivity contribution in [3.8, 4) is 5.75 Å². The number of carbonyl (C=O) groups excluding carboxylic acids is 1. The van der Waals surface area contributed by atoms with E-state index in [0.717, 1.165) is 0 Å². The molecule has 0 saturated heterocycles. The van der Waals surface area contributed by atoms with Crippen LogP contribution in [-0.4, -0.2) is 11.4 Å². The topological polar surface area (TPSA) is 37.3 Å². The molecule has 1 aromatic rings. The van der Waals surface area contributed by atoms with Crippen LogP contribution in [0.5, 0.6) is 5.75 Å². The number of benzene rings is 1. The third-order valence-corrected chi connectivity index (χ3v) is 1.35. The van der Waals surface area contributed by atoms with E-state index in [-0.39, 0.29) is 11.3 Å². The van der Waals surface area contributed by atoms with Crippen molar-refractivity contribution < 1.29 is 9.90 Å². The van der Waals surface area contributed by atoms with Gasteiger partial charge >= 0.3 is 0 Å². The Kier molecular flexibility index (Phi) is 5.13. The molecule has 0 saturated carbocycles. The number of carbonyl (C=O) groups is 1. The van der Waals surface area contributed by atoms with Crippen LogP contribution in [0.2, 0.25) is 5.02 Å². The molecule has 0 radical (unpaired) electrons. The zero-order valence-electron chi connectivity index (χ0n) is 7.04. The molecule has 1 N–H and O–H groups in total. The second kappa shape index (κ2) is 5.61. The average Bonchev–Trinajstić information content (AvgIpc) is 2.13. The molecule has 66 valence electrons. The molecule has 0 aliphatic heterocycles. The van der Waals surface area contributed by atoms with Crippen molar-refractivity contribution in [1.82, 2.24) is 0 Å². The Balaban J connectivity index is 0.000000561. The van der Waals surface area contributed by atoms with Crippen LogP contribution < -0.4 is 0 Å². The quantitative estimate of drug-likeness (QED) is 0.685. The zero-order chi connectivity index (χ0) is 9.56. The van der Waals surface area contributed by atoms with Gasteiger partial charge in [-0.05, 0) is 18.2 Å². The van der Waals surface area contributed by atoms with Crippen molar-refractivity contribution in [1.29, 1.82) is 0 Å². The lowest BCUT2D eigenvalue weighted by Gasteiger charge is -1.94. The molecule has 2 nitrogen and oxygen atoms in total. The summed E-state index contributed by atoms with van der Waals surface area (Å²) in [5, 5.41) is 9.39. The first-order valence-electron chi connectivity index (χ1n) is 3.68. The number of phenols is 1. The molecule has 0 heterocycles. The standard InChI is InChI=1S/C7H5ClO2.C2H6/c8-6-1-2-7(10)5(3-6)4-9;1-2/h1-4,10H;1-2H3. The van der Waals surface area contributed by atoms with Gasteiger partial charge in [-0.2, -0.15) is 0 Å². The Hall–Kier alpha value is -1.02. The summed E-state index contributed by atoms with van der Waals surface area (Å²) in [6.07, 6.45) is 0.557. The van der Waals surface area contributed by atoms with E-state index in [1.54, 1.807) is 0 Å². The van der Waals surface area contributed by atoms with Crippen LogP contribution >= 0.6 is 11.6 Å². The van der Waals surface area contributed by atoms with Crippen LogP contribution in [0.3, 0.4) is 0 Å². The van der Waals surface area contributed by atoms with E-state index in [4.69, 9.17) is 16.7 Å². The minimum Gasteiger partial charge on any atom is -0.507 e. The van der Waals surface area contributed by atoms with Crippen molar-refractivity contribution in [2.75, 3.05) is 0 Å². The fourth-order valence-corrected chi connectivity index (χ4v) is 0.800. The molecule has 0 bridgehead atoms. The lowest BCUT2D eigenvalue weighted by atomic mass is 10.2. The molecule has 0 aromatic heterocycles. The summed E-state index contributed by atoms with van der Waals surface area (Å²) in [4.78, 5) is 10.2.